The van der Waals surface area contributed by atoms with Crippen molar-refractivity contribution in [2.45, 2.75) is 113 Å². The van der Waals surface area contributed by atoms with Crippen molar-refractivity contribution in [1.82, 2.24) is 0 Å². The maximum atomic E-state index is 13.9. The highest BCUT2D eigenvalue weighted by Crippen LogP contribution is 2.70. The Morgan fingerprint density at radius 1 is 0.190 bits per heavy atom. The smallest absolute Gasteiger partial charge is 0.200 e. The number of alkyl halides is 37. The summed E-state index contributed by atoms with van der Waals surface area (Å²) in [5.74, 6) is -167. The summed E-state index contributed by atoms with van der Waals surface area (Å²) in [6, 6.07) is 0. The molecule has 0 aliphatic rings. The summed E-state index contributed by atoms with van der Waals surface area (Å²) < 4.78 is 500. The summed E-state index contributed by atoms with van der Waals surface area (Å²) in [6.45, 7) is 0. The van der Waals surface area contributed by atoms with E-state index in [9.17, 15) is 162 Å². The maximum Gasteiger partial charge on any atom is 0.460 e. The number of hydrogen-bond acceptors (Lipinski definition) is 1. The maximum absolute atomic E-state index is 13.9. The fourth-order valence-electron chi connectivity index (χ4n) is 3.47. The van der Waals surface area contributed by atoms with Crippen molar-refractivity contribution < 1.29 is 162 Å². The van der Waals surface area contributed by atoms with Gasteiger partial charge in [-0.05, 0) is 5.75 Å². The molecule has 0 fully saturated rings. The van der Waals surface area contributed by atoms with Crippen LogP contribution in [0.2, 0.25) is 0 Å². The van der Waals surface area contributed by atoms with Gasteiger partial charge in [-0.3, -0.25) is 0 Å². The molecule has 0 radical (unpaired) electrons. The molecule has 0 aromatic rings. The Kier molecular flexibility index (Phi) is 13.1. The Morgan fingerprint density at radius 2 is 0.310 bits per heavy atom. The second-order valence-electron chi connectivity index (χ2n) is 10.9. The zero-order valence-corrected chi connectivity index (χ0v) is 25.7. The van der Waals surface area contributed by atoms with E-state index in [1.165, 1.54) is 0 Å². The zero-order chi connectivity index (χ0) is 48.4. The molecule has 350 valence electrons. The first-order chi connectivity index (χ1) is 24.3. The standard InChI is InChI=1S/C20H5F37S/c21-3(22,1-2-58)4(23,24)5(25,26)6(27,28)7(29,30)8(31,32)9(33,34)10(35,36)11(37,38)12(39,40)13(41,42)14(43,44)15(45,46)16(47,48)17(49,50)18(51,52)19(53,54)20(55,56)57/h58H,1-2H2. The fraction of sp³-hybridized carbons (Fsp3) is 1.00. The molecule has 38 heteroatoms. The quantitative estimate of drug-likeness (QED) is 0.103. The van der Waals surface area contributed by atoms with E-state index in [2.05, 4.69) is 12.6 Å². The molecular weight excluding hydrogens is 975 g/mol. The largest absolute Gasteiger partial charge is 0.460 e. The first kappa shape index (κ1) is 55.8. The minimum Gasteiger partial charge on any atom is -0.200 e. The molecule has 0 amide bonds. The van der Waals surface area contributed by atoms with Gasteiger partial charge in [0.15, 0.2) is 0 Å². The van der Waals surface area contributed by atoms with Gasteiger partial charge in [-0.15, -0.1) is 0 Å². The van der Waals surface area contributed by atoms with Crippen LogP contribution in [0, 0.1) is 0 Å². The van der Waals surface area contributed by atoms with E-state index in [4.69, 9.17) is 0 Å². The molecule has 0 aromatic heterocycles. The highest BCUT2D eigenvalue weighted by Gasteiger charge is 3.02. The van der Waals surface area contributed by atoms with Crippen molar-refractivity contribution in [3.8, 4) is 0 Å². The summed E-state index contributed by atoms with van der Waals surface area (Å²) in [6.07, 6.45) is -11.5. The fourth-order valence-corrected chi connectivity index (χ4v) is 3.75. The lowest BCUT2D eigenvalue weighted by Crippen LogP contribution is -2.80. The van der Waals surface area contributed by atoms with E-state index in [-0.39, 0.29) is 0 Å². The first-order valence-corrected chi connectivity index (χ1v) is 13.0. The molecule has 0 unspecified atom stereocenters. The van der Waals surface area contributed by atoms with E-state index in [1.54, 1.807) is 0 Å². The Morgan fingerprint density at radius 3 is 0.431 bits per heavy atom. The van der Waals surface area contributed by atoms with E-state index in [1.807, 2.05) is 0 Å². The summed E-state index contributed by atoms with van der Waals surface area (Å²) in [7, 11) is 0. The van der Waals surface area contributed by atoms with Crippen LogP contribution in [0.5, 0.6) is 0 Å². The SMILES string of the molecule is FC(F)(F)C(F)(F)C(F)(F)C(F)(F)C(F)(F)C(F)(F)C(F)(F)C(F)(F)C(F)(F)C(F)(F)C(F)(F)C(F)(F)C(F)(F)C(F)(F)C(F)(F)C(F)(F)C(F)(F)C(F)(F)CCS. The van der Waals surface area contributed by atoms with Gasteiger partial charge >= 0.3 is 107 Å². The van der Waals surface area contributed by atoms with Crippen molar-refractivity contribution in [2.24, 2.45) is 0 Å². The van der Waals surface area contributed by atoms with Gasteiger partial charge < -0.3 is 0 Å². The van der Waals surface area contributed by atoms with E-state index in [0.717, 1.165) is 0 Å². The van der Waals surface area contributed by atoms with E-state index >= 15 is 0 Å². The number of halogens is 37. The Labute approximate surface area is 295 Å². The number of hydrogen-bond donors (Lipinski definition) is 1. The average molecular weight is 980 g/mol. The van der Waals surface area contributed by atoms with Crippen LogP contribution in [0.4, 0.5) is 162 Å². The van der Waals surface area contributed by atoms with Crippen LogP contribution < -0.4 is 0 Å². The summed E-state index contributed by atoms with van der Waals surface area (Å²) >= 11 is 2.61. The molecule has 0 spiro atoms. The lowest BCUT2D eigenvalue weighted by atomic mass is 9.82. The van der Waals surface area contributed by atoms with Crippen LogP contribution in [-0.2, 0) is 0 Å². The predicted octanol–water partition coefficient (Wildman–Crippen LogP) is 12.7. The van der Waals surface area contributed by atoms with Crippen molar-refractivity contribution in [3.63, 3.8) is 0 Å². The third-order valence-electron chi connectivity index (χ3n) is 7.16. The van der Waals surface area contributed by atoms with Gasteiger partial charge in [0.05, 0.1) is 0 Å². The summed E-state index contributed by atoms with van der Waals surface area (Å²) in [5, 5.41) is 0. The number of thiol groups is 1. The average Bonchev–Trinajstić information content (AvgIpc) is 2.98. The zero-order valence-electron chi connectivity index (χ0n) is 24.8. The molecule has 0 N–H and O–H groups in total. The molecule has 0 aromatic carbocycles. The molecule has 0 aliphatic carbocycles. The topological polar surface area (TPSA) is 0 Å². The van der Waals surface area contributed by atoms with Crippen LogP contribution in [0.15, 0.2) is 0 Å². The van der Waals surface area contributed by atoms with E-state index in [0.29, 0.717) is 0 Å². The minimum absolute atomic E-state index is 1.94. The second kappa shape index (κ2) is 13.6. The molecule has 0 heterocycles. The summed E-state index contributed by atoms with van der Waals surface area (Å²) in [5.41, 5.74) is 0. The first-order valence-electron chi connectivity index (χ1n) is 12.4. The van der Waals surface area contributed by atoms with Crippen LogP contribution in [-0.4, -0.2) is 113 Å². The molecule has 0 bridgehead atoms. The lowest BCUT2D eigenvalue weighted by Gasteiger charge is -2.47. The van der Waals surface area contributed by atoms with Crippen molar-refractivity contribution >= 4 is 12.6 Å². The minimum atomic E-state index is -10.4. The molecule has 0 aliphatic heterocycles. The van der Waals surface area contributed by atoms with Crippen LogP contribution in [0.3, 0.4) is 0 Å². The van der Waals surface area contributed by atoms with Crippen molar-refractivity contribution in [2.75, 3.05) is 5.75 Å². The Bertz CT molecular complexity index is 1470. The van der Waals surface area contributed by atoms with Gasteiger partial charge in [0.2, 0.25) is 0 Å². The Balaban J connectivity index is 7.86. The van der Waals surface area contributed by atoms with Gasteiger partial charge in [0.25, 0.3) is 0 Å². The predicted molar refractivity (Wildman–Crippen MR) is 109 cm³/mol. The van der Waals surface area contributed by atoms with Gasteiger partial charge in [0.1, 0.15) is 0 Å². The molecule has 0 saturated heterocycles. The third-order valence-corrected chi connectivity index (χ3v) is 7.38. The van der Waals surface area contributed by atoms with Gasteiger partial charge in [-0.2, -0.15) is 175 Å². The van der Waals surface area contributed by atoms with Gasteiger partial charge in [0, 0.05) is 6.42 Å². The summed E-state index contributed by atoms with van der Waals surface area (Å²) in [4.78, 5) is 0. The molecule has 0 saturated carbocycles. The van der Waals surface area contributed by atoms with Gasteiger partial charge in [-0.1, -0.05) is 0 Å². The van der Waals surface area contributed by atoms with Crippen LogP contribution in [0.25, 0.3) is 0 Å². The lowest BCUT2D eigenvalue weighted by molar-refractivity contribution is -0.493. The monoisotopic (exact) mass is 980 g/mol. The van der Waals surface area contributed by atoms with Crippen LogP contribution >= 0.6 is 12.6 Å². The van der Waals surface area contributed by atoms with Gasteiger partial charge in [-0.25, -0.2) is 0 Å². The van der Waals surface area contributed by atoms with Crippen molar-refractivity contribution in [1.29, 1.82) is 0 Å². The molecule has 58 heavy (non-hydrogen) atoms. The van der Waals surface area contributed by atoms with E-state index < -0.39 is 119 Å². The highest BCUT2D eigenvalue weighted by atomic mass is 32.1. The van der Waals surface area contributed by atoms with Crippen LogP contribution in [0.1, 0.15) is 6.42 Å². The number of rotatable bonds is 18. The molecule has 0 atom stereocenters. The third kappa shape index (κ3) is 6.25. The molecule has 0 rings (SSSR count). The second-order valence-corrected chi connectivity index (χ2v) is 11.3. The molecular formula is C20H5F37S. The molecule has 0 nitrogen and oxygen atoms in total. The Hall–Kier alpha value is -2.24. The van der Waals surface area contributed by atoms with Crippen molar-refractivity contribution in [3.05, 3.63) is 0 Å². The highest BCUT2D eigenvalue weighted by molar-refractivity contribution is 7.80. The normalized spacial score (nSPS) is 17.3.